The van der Waals surface area contributed by atoms with Crippen molar-refractivity contribution in [1.82, 2.24) is 0 Å². The van der Waals surface area contributed by atoms with Crippen molar-refractivity contribution in [3.05, 3.63) is 0 Å². The van der Waals surface area contributed by atoms with Crippen LogP contribution in [-0.2, 0) is 4.79 Å². The molecule has 0 heterocycles. The van der Waals surface area contributed by atoms with Crippen molar-refractivity contribution >= 4 is 5.97 Å². The van der Waals surface area contributed by atoms with E-state index in [1.54, 1.807) is 0 Å². The fourth-order valence-electron chi connectivity index (χ4n) is 1.62. The average molecular weight is 112 g/mol. The molecule has 0 amide bonds. The number of carboxylic acids is 1. The summed E-state index contributed by atoms with van der Waals surface area (Å²) in [5.74, 6) is 0.868. The molecule has 0 aliphatic heterocycles. The lowest BCUT2D eigenvalue weighted by molar-refractivity contribution is -0.145. The SMILES string of the molecule is O=C(O)[C@@H]1C[C@@H]2C[C@@H]21. The van der Waals surface area contributed by atoms with Gasteiger partial charge in [0.15, 0.2) is 0 Å². The Hall–Kier alpha value is -0.530. The quantitative estimate of drug-likeness (QED) is 0.542. The number of hydrogen-bond acceptors (Lipinski definition) is 1. The Bertz CT molecular complexity index is 141. The first-order chi connectivity index (χ1) is 3.79. The minimum Gasteiger partial charge on any atom is -0.481 e. The van der Waals surface area contributed by atoms with E-state index < -0.39 is 5.97 Å². The summed E-state index contributed by atoms with van der Waals surface area (Å²) in [5, 5.41) is 8.43. The third-order valence-electron chi connectivity index (χ3n) is 2.37. The van der Waals surface area contributed by atoms with E-state index in [2.05, 4.69) is 0 Å². The third kappa shape index (κ3) is 0.358. The minimum absolute atomic E-state index is 0.0417. The van der Waals surface area contributed by atoms with Crippen LogP contribution in [0.2, 0.25) is 0 Å². The maximum Gasteiger partial charge on any atom is 0.306 e. The van der Waals surface area contributed by atoms with Crippen molar-refractivity contribution in [3.8, 4) is 0 Å². The lowest BCUT2D eigenvalue weighted by atomic mass is 9.86. The molecular formula is C6H8O2. The zero-order chi connectivity index (χ0) is 5.72. The Morgan fingerprint density at radius 2 is 2.25 bits per heavy atom. The van der Waals surface area contributed by atoms with Gasteiger partial charge in [0.25, 0.3) is 0 Å². The molecular weight excluding hydrogens is 104 g/mol. The Labute approximate surface area is 47.5 Å². The second kappa shape index (κ2) is 1.07. The van der Waals surface area contributed by atoms with Gasteiger partial charge in [-0.3, -0.25) is 4.79 Å². The molecule has 2 aliphatic carbocycles. The van der Waals surface area contributed by atoms with Gasteiger partial charge in [0.05, 0.1) is 5.92 Å². The van der Waals surface area contributed by atoms with Crippen LogP contribution in [0.1, 0.15) is 12.8 Å². The monoisotopic (exact) mass is 112 g/mol. The lowest BCUT2D eigenvalue weighted by Crippen LogP contribution is -2.24. The number of hydrogen-bond donors (Lipinski definition) is 1. The smallest absolute Gasteiger partial charge is 0.306 e. The van der Waals surface area contributed by atoms with Gasteiger partial charge in [-0.05, 0) is 24.7 Å². The molecule has 1 N–H and O–H groups in total. The van der Waals surface area contributed by atoms with Crippen LogP contribution in [-0.4, -0.2) is 11.1 Å². The standard InChI is InChI=1S/C6H8O2/c7-6(8)5-2-3-1-4(3)5/h3-5H,1-2H2,(H,7,8)/t3-,4-,5+/m0/s1. The van der Waals surface area contributed by atoms with Gasteiger partial charge in [0.1, 0.15) is 0 Å². The first-order valence-corrected chi connectivity index (χ1v) is 3.02. The van der Waals surface area contributed by atoms with E-state index in [0.29, 0.717) is 5.92 Å². The van der Waals surface area contributed by atoms with Crippen molar-refractivity contribution in [2.45, 2.75) is 12.8 Å². The van der Waals surface area contributed by atoms with Crippen LogP contribution < -0.4 is 0 Å². The van der Waals surface area contributed by atoms with Crippen LogP contribution in [0.4, 0.5) is 0 Å². The van der Waals surface area contributed by atoms with Gasteiger partial charge in [0, 0.05) is 0 Å². The molecule has 2 nitrogen and oxygen atoms in total. The Kier molecular flexibility index (Phi) is 0.581. The van der Waals surface area contributed by atoms with E-state index in [4.69, 9.17) is 5.11 Å². The molecule has 8 heavy (non-hydrogen) atoms. The summed E-state index contributed by atoms with van der Waals surface area (Å²) in [5.41, 5.74) is 0. The number of fused-ring (bicyclic) bond motifs is 1. The van der Waals surface area contributed by atoms with E-state index in [1.807, 2.05) is 0 Å². The Balaban J connectivity index is 2.01. The second-order valence-electron chi connectivity index (χ2n) is 2.84. The van der Waals surface area contributed by atoms with Crippen molar-refractivity contribution in [1.29, 1.82) is 0 Å². The summed E-state index contributed by atoms with van der Waals surface area (Å²) in [7, 11) is 0. The molecule has 0 aromatic rings. The van der Waals surface area contributed by atoms with E-state index >= 15 is 0 Å². The predicted octanol–water partition coefficient (Wildman–Crippen LogP) is 0.727. The van der Waals surface area contributed by atoms with Crippen LogP contribution >= 0.6 is 0 Å². The van der Waals surface area contributed by atoms with Gasteiger partial charge in [0.2, 0.25) is 0 Å². The molecule has 0 aromatic carbocycles. The highest BCUT2D eigenvalue weighted by Gasteiger charge is 2.56. The van der Waals surface area contributed by atoms with Gasteiger partial charge < -0.3 is 5.11 Å². The molecule has 2 rings (SSSR count). The summed E-state index contributed by atoms with van der Waals surface area (Å²) < 4.78 is 0. The molecule has 0 spiro atoms. The van der Waals surface area contributed by atoms with Gasteiger partial charge >= 0.3 is 5.97 Å². The molecule has 2 aliphatic rings. The maximum absolute atomic E-state index is 10.2. The summed E-state index contributed by atoms with van der Waals surface area (Å²) in [6, 6.07) is 0. The zero-order valence-corrected chi connectivity index (χ0v) is 4.50. The van der Waals surface area contributed by atoms with Crippen molar-refractivity contribution in [3.63, 3.8) is 0 Å². The second-order valence-corrected chi connectivity index (χ2v) is 2.84. The summed E-state index contributed by atoms with van der Waals surface area (Å²) in [4.78, 5) is 10.2. The molecule has 0 bridgehead atoms. The molecule has 2 saturated carbocycles. The van der Waals surface area contributed by atoms with Crippen molar-refractivity contribution in [2.24, 2.45) is 17.8 Å². The molecule has 0 unspecified atom stereocenters. The summed E-state index contributed by atoms with van der Waals surface area (Å²) in [6.45, 7) is 0. The lowest BCUT2D eigenvalue weighted by Gasteiger charge is -2.18. The Morgan fingerprint density at radius 3 is 2.38 bits per heavy atom. The highest BCUT2D eigenvalue weighted by molar-refractivity contribution is 5.72. The highest BCUT2D eigenvalue weighted by Crippen LogP contribution is 2.59. The number of carbonyl (C=O) groups is 1. The largest absolute Gasteiger partial charge is 0.481 e. The van der Waals surface area contributed by atoms with Crippen LogP contribution in [0, 0.1) is 17.8 Å². The van der Waals surface area contributed by atoms with E-state index in [1.165, 1.54) is 6.42 Å². The number of rotatable bonds is 1. The number of carboxylic acid groups (broad SMARTS) is 1. The molecule has 0 radical (unpaired) electrons. The van der Waals surface area contributed by atoms with Crippen LogP contribution in [0.5, 0.6) is 0 Å². The van der Waals surface area contributed by atoms with Crippen molar-refractivity contribution < 1.29 is 9.90 Å². The maximum atomic E-state index is 10.2. The number of aliphatic carboxylic acids is 1. The summed E-state index contributed by atoms with van der Waals surface area (Å²) in [6.07, 6.45) is 2.15. The van der Waals surface area contributed by atoms with E-state index in [9.17, 15) is 4.79 Å². The third-order valence-corrected chi connectivity index (χ3v) is 2.37. The van der Waals surface area contributed by atoms with Crippen molar-refractivity contribution in [2.75, 3.05) is 0 Å². The molecule has 2 fully saturated rings. The fraction of sp³-hybridized carbons (Fsp3) is 0.833. The zero-order valence-electron chi connectivity index (χ0n) is 4.50. The summed E-state index contributed by atoms with van der Waals surface area (Å²) >= 11 is 0. The molecule has 44 valence electrons. The van der Waals surface area contributed by atoms with Crippen LogP contribution in [0.25, 0.3) is 0 Å². The van der Waals surface area contributed by atoms with Gasteiger partial charge in [-0.1, -0.05) is 0 Å². The van der Waals surface area contributed by atoms with Gasteiger partial charge in [-0.2, -0.15) is 0 Å². The first kappa shape index (κ1) is 4.36. The topological polar surface area (TPSA) is 37.3 Å². The molecule has 3 atom stereocenters. The van der Waals surface area contributed by atoms with Crippen LogP contribution in [0.3, 0.4) is 0 Å². The average Bonchev–Trinajstić information content (AvgIpc) is 2.13. The molecule has 0 aromatic heterocycles. The van der Waals surface area contributed by atoms with E-state index in [0.717, 1.165) is 12.3 Å². The fourth-order valence-corrected chi connectivity index (χ4v) is 1.62. The van der Waals surface area contributed by atoms with Gasteiger partial charge in [-0.15, -0.1) is 0 Å². The molecule has 2 heteroatoms. The first-order valence-electron chi connectivity index (χ1n) is 3.02. The molecule has 0 saturated heterocycles. The highest BCUT2D eigenvalue weighted by atomic mass is 16.4. The predicted molar refractivity (Wildman–Crippen MR) is 27.3 cm³/mol. The minimum atomic E-state index is -0.580. The van der Waals surface area contributed by atoms with Gasteiger partial charge in [-0.25, -0.2) is 0 Å². The normalized spacial score (nSPS) is 49.2. The Morgan fingerprint density at radius 1 is 1.50 bits per heavy atom. The van der Waals surface area contributed by atoms with E-state index in [-0.39, 0.29) is 5.92 Å². The van der Waals surface area contributed by atoms with Crippen LogP contribution in [0.15, 0.2) is 0 Å².